The number of carbonyl (C=O) groups excluding carboxylic acids is 1. The van der Waals surface area contributed by atoms with Gasteiger partial charge >= 0.3 is 0 Å². The summed E-state index contributed by atoms with van der Waals surface area (Å²) in [5, 5.41) is 6.29. The van der Waals surface area contributed by atoms with Gasteiger partial charge in [-0.1, -0.05) is 19.1 Å². The molecule has 0 aliphatic carbocycles. The number of carbonyl (C=O) groups is 1. The number of nitrogens with zero attached hydrogens (tertiary/aromatic N) is 1. The average molecular weight is 336 g/mol. The number of anilines is 1. The summed E-state index contributed by atoms with van der Waals surface area (Å²) in [5.41, 5.74) is 4.88. The summed E-state index contributed by atoms with van der Waals surface area (Å²) in [6.45, 7) is 10.8. The largest absolute Gasteiger partial charge is 0.349 e. The van der Waals surface area contributed by atoms with Crippen molar-refractivity contribution in [3.63, 3.8) is 0 Å². The highest BCUT2D eigenvalue weighted by Gasteiger charge is 2.15. The van der Waals surface area contributed by atoms with E-state index in [1.807, 2.05) is 38.1 Å². The number of aromatic nitrogens is 1. The van der Waals surface area contributed by atoms with Gasteiger partial charge in [-0.25, -0.2) is 0 Å². The van der Waals surface area contributed by atoms with Crippen LogP contribution < -0.4 is 10.6 Å². The predicted octanol–water partition coefficient (Wildman–Crippen LogP) is 3.91. The molecule has 1 heterocycles. The van der Waals surface area contributed by atoms with Crippen LogP contribution in [-0.4, -0.2) is 17.0 Å². The minimum absolute atomic E-state index is 0. The van der Waals surface area contributed by atoms with E-state index in [2.05, 4.69) is 35.1 Å². The summed E-state index contributed by atoms with van der Waals surface area (Å²) < 4.78 is 2.15. The molecule has 0 radical (unpaired) electrons. The van der Waals surface area contributed by atoms with Gasteiger partial charge in [-0.3, -0.25) is 4.79 Å². The SMILES string of the molecule is CCNCc1cccc(NC(=O)c2cc(C)n(CC)c2C)c1.Cl. The number of aryl methyl sites for hydroxylation is 1. The number of hydrogen-bond donors (Lipinski definition) is 2. The van der Waals surface area contributed by atoms with E-state index < -0.39 is 0 Å². The van der Waals surface area contributed by atoms with Gasteiger partial charge in [-0.15, -0.1) is 12.4 Å². The second-order valence-corrected chi connectivity index (χ2v) is 5.46. The van der Waals surface area contributed by atoms with Crippen molar-refractivity contribution in [1.82, 2.24) is 9.88 Å². The fraction of sp³-hybridized carbons (Fsp3) is 0.389. The fourth-order valence-corrected chi connectivity index (χ4v) is 2.74. The molecule has 126 valence electrons. The molecule has 0 aliphatic rings. The fourth-order valence-electron chi connectivity index (χ4n) is 2.74. The van der Waals surface area contributed by atoms with Gasteiger partial charge in [0, 0.05) is 30.2 Å². The molecule has 2 N–H and O–H groups in total. The Morgan fingerprint density at radius 3 is 2.52 bits per heavy atom. The smallest absolute Gasteiger partial charge is 0.257 e. The molecule has 23 heavy (non-hydrogen) atoms. The molecule has 0 bridgehead atoms. The summed E-state index contributed by atoms with van der Waals surface area (Å²) in [4.78, 5) is 12.5. The molecule has 2 rings (SSSR count). The molecular weight excluding hydrogens is 310 g/mol. The first-order valence-electron chi connectivity index (χ1n) is 7.84. The van der Waals surface area contributed by atoms with Crippen molar-refractivity contribution in [2.24, 2.45) is 0 Å². The number of benzene rings is 1. The molecule has 5 heteroatoms. The van der Waals surface area contributed by atoms with Crippen molar-refractivity contribution >= 4 is 24.0 Å². The van der Waals surface area contributed by atoms with Crippen LogP contribution >= 0.6 is 12.4 Å². The first-order valence-corrected chi connectivity index (χ1v) is 7.84. The van der Waals surface area contributed by atoms with E-state index in [0.29, 0.717) is 0 Å². The van der Waals surface area contributed by atoms with Crippen LogP contribution in [0.15, 0.2) is 30.3 Å². The Kier molecular flexibility index (Phi) is 7.33. The lowest BCUT2D eigenvalue weighted by Gasteiger charge is -2.09. The van der Waals surface area contributed by atoms with E-state index in [1.165, 1.54) is 5.56 Å². The Bertz CT molecular complexity index is 664. The molecule has 2 aromatic rings. The summed E-state index contributed by atoms with van der Waals surface area (Å²) in [6.07, 6.45) is 0. The van der Waals surface area contributed by atoms with Crippen molar-refractivity contribution in [3.05, 3.63) is 52.8 Å². The van der Waals surface area contributed by atoms with Crippen LogP contribution in [0, 0.1) is 13.8 Å². The lowest BCUT2D eigenvalue weighted by molar-refractivity contribution is 0.102. The quantitative estimate of drug-likeness (QED) is 0.840. The number of nitrogens with one attached hydrogen (secondary N) is 2. The second kappa shape index (κ2) is 8.75. The van der Waals surface area contributed by atoms with Crippen LogP contribution in [0.3, 0.4) is 0 Å². The molecule has 0 unspecified atom stereocenters. The first-order chi connectivity index (χ1) is 10.6. The highest BCUT2D eigenvalue weighted by molar-refractivity contribution is 6.05. The molecule has 0 spiro atoms. The number of rotatable bonds is 6. The minimum Gasteiger partial charge on any atom is -0.349 e. The summed E-state index contributed by atoms with van der Waals surface area (Å²) in [7, 11) is 0. The zero-order chi connectivity index (χ0) is 16.1. The maximum absolute atomic E-state index is 12.5. The topological polar surface area (TPSA) is 46.1 Å². The third-order valence-electron chi connectivity index (χ3n) is 3.90. The van der Waals surface area contributed by atoms with Gasteiger partial charge < -0.3 is 15.2 Å². The average Bonchev–Trinajstić information content (AvgIpc) is 2.80. The van der Waals surface area contributed by atoms with Crippen molar-refractivity contribution in [2.75, 3.05) is 11.9 Å². The molecule has 1 aromatic heterocycles. The van der Waals surface area contributed by atoms with Gasteiger partial charge in [0.15, 0.2) is 0 Å². The van der Waals surface area contributed by atoms with E-state index in [-0.39, 0.29) is 18.3 Å². The Hall–Kier alpha value is -1.78. The van der Waals surface area contributed by atoms with Crippen LogP contribution in [0.25, 0.3) is 0 Å². The monoisotopic (exact) mass is 335 g/mol. The van der Waals surface area contributed by atoms with Gasteiger partial charge in [0.2, 0.25) is 0 Å². The predicted molar refractivity (Wildman–Crippen MR) is 98.6 cm³/mol. The highest BCUT2D eigenvalue weighted by Crippen LogP contribution is 2.18. The molecule has 0 aliphatic heterocycles. The van der Waals surface area contributed by atoms with Gasteiger partial charge in [-0.05, 0) is 51.1 Å². The van der Waals surface area contributed by atoms with Crippen LogP contribution in [0.2, 0.25) is 0 Å². The Labute approximate surface area is 144 Å². The van der Waals surface area contributed by atoms with Gasteiger partial charge in [0.05, 0.1) is 5.56 Å². The number of amides is 1. The Morgan fingerprint density at radius 2 is 1.91 bits per heavy atom. The van der Waals surface area contributed by atoms with Crippen molar-refractivity contribution in [1.29, 1.82) is 0 Å². The zero-order valence-corrected chi connectivity index (χ0v) is 15.1. The van der Waals surface area contributed by atoms with Crippen LogP contribution in [0.4, 0.5) is 5.69 Å². The van der Waals surface area contributed by atoms with Crippen molar-refractivity contribution in [2.45, 2.75) is 40.8 Å². The first kappa shape index (κ1) is 19.3. The van der Waals surface area contributed by atoms with E-state index in [1.54, 1.807) is 0 Å². The van der Waals surface area contributed by atoms with Crippen LogP contribution in [0.1, 0.15) is 41.2 Å². The summed E-state index contributed by atoms with van der Waals surface area (Å²) in [5.74, 6) is -0.0478. The van der Waals surface area contributed by atoms with Gasteiger partial charge in [0.25, 0.3) is 5.91 Å². The highest BCUT2D eigenvalue weighted by atomic mass is 35.5. The third-order valence-corrected chi connectivity index (χ3v) is 3.90. The Morgan fingerprint density at radius 1 is 1.17 bits per heavy atom. The van der Waals surface area contributed by atoms with Crippen LogP contribution in [-0.2, 0) is 13.1 Å². The minimum atomic E-state index is -0.0478. The molecule has 0 atom stereocenters. The van der Waals surface area contributed by atoms with Gasteiger partial charge in [-0.2, -0.15) is 0 Å². The van der Waals surface area contributed by atoms with E-state index >= 15 is 0 Å². The van der Waals surface area contributed by atoms with Gasteiger partial charge in [0.1, 0.15) is 0 Å². The maximum Gasteiger partial charge on any atom is 0.257 e. The molecule has 0 saturated heterocycles. The third kappa shape index (κ3) is 4.60. The van der Waals surface area contributed by atoms with E-state index in [9.17, 15) is 4.79 Å². The normalized spacial score (nSPS) is 10.3. The summed E-state index contributed by atoms with van der Waals surface area (Å²) in [6, 6.07) is 9.92. The lowest BCUT2D eigenvalue weighted by atomic mass is 10.2. The number of hydrogen-bond acceptors (Lipinski definition) is 2. The maximum atomic E-state index is 12.5. The molecule has 1 aromatic carbocycles. The standard InChI is InChI=1S/C18H25N3O.ClH/c1-5-19-12-15-8-7-9-16(11-15)20-18(22)17-10-13(3)21(6-2)14(17)4;/h7-11,19H,5-6,12H2,1-4H3,(H,20,22);1H. The lowest BCUT2D eigenvalue weighted by Crippen LogP contribution is -2.14. The molecule has 4 nitrogen and oxygen atoms in total. The molecule has 0 fully saturated rings. The van der Waals surface area contributed by atoms with Crippen molar-refractivity contribution in [3.8, 4) is 0 Å². The Balaban J connectivity index is 0.00000264. The summed E-state index contributed by atoms with van der Waals surface area (Å²) >= 11 is 0. The van der Waals surface area contributed by atoms with E-state index in [4.69, 9.17) is 0 Å². The second-order valence-electron chi connectivity index (χ2n) is 5.46. The number of halogens is 1. The van der Waals surface area contributed by atoms with Crippen molar-refractivity contribution < 1.29 is 4.79 Å². The zero-order valence-electron chi connectivity index (χ0n) is 14.3. The molecule has 1 amide bonds. The van der Waals surface area contributed by atoms with Crippen LogP contribution in [0.5, 0.6) is 0 Å². The molecule has 0 saturated carbocycles. The molecular formula is C18H26ClN3O. The van der Waals surface area contributed by atoms with E-state index in [0.717, 1.165) is 42.3 Å².